The zero-order valence-corrected chi connectivity index (χ0v) is 16.7. The summed E-state index contributed by atoms with van der Waals surface area (Å²) in [5, 5.41) is 3.04. The fourth-order valence-electron chi connectivity index (χ4n) is 3.07. The number of thiophene rings is 1. The van der Waals surface area contributed by atoms with E-state index in [-0.39, 0.29) is 0 Å². The Kier molecular flexibility index (Phi) is 4.81. The van der Waals surface area contributed by atoms with Gasteiger partial charge in [0.25, 0.3) is 0 Å². The van der Waals surface area contributed by atoms with Gasteiger partial charge in [-0.15, -0.1) is 11.3 Å². The Morgan fingerprint density at radius 1 is 1.32 bits per heavy atom. The Bertz CT molecular complexity index is 957. The first-order valence-corrected chi connectivity index (χ1v) is 10.5. The molecule has 3 aromatic rings. The number of nitrogen functional groups attached to an aromatic ring is 1. The second kappa shape index (κ2) is 6.93. The van der Waals surface area contributed by atoms with Crippen molar-refractivity contribution in [1.29, 1.82) is 0 Å². The quantitative estimate of drug-likeness (QED) is 0.511. The van der Waals surface area contributed by atoms with Crippen molar-refractivity contribution in [2.75, 3.05) is 19.3 Å². The van der Waals surface area contributed by atoms with Gasteiger partial charge < -0.3 is 10.6 Å². The number of rotatable bonds is 3. The highest BCUT2D eigenvalue weighted by Gasteiger charge is 2.24. The summed E-state index contributed by atoms with van der Waals surface area (Å²) in [5.74, 6) is 1.27. The SMILES string of the molecule is C[NH+]1CCc2c(sc3nc(SCc4ccc(Cl)cc4Cl)nc(N)c23)C1. The summed E-state index contributed by atoms with van der Waals surface area (Å²) < 4.78 is 0. The van der Waals surface area contributed by atoms with Crippen molar-refractivity contribution in [1.82, 2.24) is 9.97 Å². The van der Waals surface area contributed by atoms with E-state index in [0.29, 0.717) is 26.8 Å². The first kappa shape index (κ1) is 17.4. The van der Waals surface area contributed by atoms with E-state index >= 15 is 0 Å². The maximum atomic E-state index is 6.27. The summed E-state index contributed by atoms with van der Waals surface area (Å²) in [6, 6.07) is 5.53. The Morgan fingerprint density at radius 2 is 2.16 bits per heavy atom. The molecule has 0 fully saturated rings. The summed E-state index contributed by atoms with van der Waals surface area (Å²) in [6.07, 6.45) is 1.04. The molecule has 130 valence electrons. The van der Waals surface area contributed by atoms with Crippen molar-refractivity contribution in [3.05, 3.63) is 44.2 Å². The molecule has 3 N–H and O–H groups in total. The molecule has 2 aromatic heterocycles. The molecule has 25 heavy (non-hydrogen) atoms. The number of nitrogens with two attached hydrogens (primary N) is 1. The predicted octanol–water partition coefficient (Wildman–Crippen LogP) is 3.44. The van der Waals surface area contributed by atoms with Crippen LogP contribution in [0.15, 0.2) is 23.4 Å². The third-order valence-corrected chi connectivity index (χ3v) is 6.99. The highest BCUT2D eigenvalue weighted by Crippen LogP contribution is 2.36. The second-order valence-corrected chi connectivity index (χ2v) is 9.10. The zero-order valence-electron chi connectivity index (χ0n) is 13.6. The van der Waals surface area contributed by atoms with E-state index in [1.165, 1.54) is 15.3 Å². The smallest absolute Gasteiger partial charge is 0.191 e. The van der Waals surface area contributed by atoms with Crippen LogP contribution in [0, 0.1) is 0 Å². The summed E-state index contributed by atoms with van der Waals surface area (Å²) in [7, 11) is 2.22. The van der Waals surface area contributed by atoms with E-state index in [0.717, 1.165) is 35.3 Å². The number of fused-ring (bicyclic) bond motifs is 3. The minimum atomic E-state index is 0.590. The maximum Gasteiger partial charge on any atom is 0.191 e. The number of aromatic nitrogens is 2. The molecule has 0 amide bonds. The largest absolute Gasteiger partial charge is 0.383 e. The van der Waals surface area contributed by atoms with Crippen molar-refractivity contribution in [2.45, 2.75) is 23.9 Å². The van der Waals surface area contributed by atoms with Crippen LogP contribution in [0.5, 0.6) is 0 Å². The van der Waals surface area contributed by atoms with E-state index in [4.69, 9.17) is 33.9 Å². The number of hydrogen-bond acceptors (Lipinski definition) is 5. The van der Waals surface area contributed by atoms with Gasteiger partial charge in [-0.1, -0.05) is 41.0 Å². The van der Waals surface area contributed by atoms with Crippen LogP contribution < -0.4 is 10.6 Å². The fourth-order valence-corrected chi connectivity index (χ4v) is 5.87. The molecule has 0 saturated carbocycles. The molecule has 0 bridgehead atoms. The lowest BCUT2D eigenvalue weighted by atomic mass is 10.1. The van der Waals surface area contributed by atoms with Gasteiger partial charge in [-0.05, 0) is 23.3 Å². The highest BCUT2D eigenvalue weighted by molar-refractivity contribution is 7.98. The van der Waals surface area contributed by atoms with Crippen LogP contribution >= 0.6 is 46.3 Å². The zero-order chi connectivity index (χ0) is 17.6. The molecule has 1 aromatic carbocycles. The molecule has 0 saturated heterocycles. The van der Waals surface area contributed by atoms with Gasteiger partial charge in [0.1, 0.15) is 17.2 Å². The van der Waals surface area contributed by atoms with Crippen LogP contribution in [0.4, 0.5) is 5.82 Å². The molecule has 0 aliphatic carbocycles. The number of benzene rings is 1. The third-order valence-electron chi connectivity index (χ3n) is 4.38. The molecule has 4 nitrogen and oxygen atoms in total. The van der Waals surface area contributed by atoms with E-state index in [9.17, 15) is 0 Å². The first-order valence-electron chi connectivity index (χ1n) is 7.97. The van der Waals surface area contributed by atoms with Gasteiger partial charge in [0.15, 0.2) is 5.16 Å². The van der Waals surface area contributed by atoms with Crippen LogP contribution in [0.25, 0.3) is 10.2 Å². The van der Waals surface area contributed by atoms with E-state index in [2.05, 4.69) is 12.0 Å². The van der Waals surface area contributed by atoms with E-state index in [1.807, 2.05) is 12.1 Å². The van der Waals surface area contributed by atoms with Gasteiger partial charge >= 0.3 is 0 Å². The standard InChI is InChI=1S/C17H16Cl2N4S2/c1-23-5-4-11-13(7-23)25-16-14(11)15(20)21-17(22-16)24-8-9-2-3-10(18)6-12(9)19/h2-3,6H,4-5,7-8H2,1H3,(H2,20,21,22)/p+1. The normalized spacial score (nSPS) is 17.0. The lowest BCUT2D eigenvalue weighted by Gasteiger charge is -2.19. The number of likely N-dealkylation sites (N-methyl/N-ethyl adjacent to an activating group) is 1. The third kappa shape index (κ3) is 3.46. The van der Waals surface area contributed by atoms with Gasteiger partial charge in [0, 0.05) is 22.2 Å². The van der Waals surface area contributed by atoms with Gasteiger partial charge in [-0.25, -0.2) is 9.97 Å². The first-order chi connectivity index (χ1) is 12.0. The van der Waals surface area contributed by atoms with Gasteiger partial charge in [0.05, 0.1) is 23.9 Å². The van der Waals surface area contributed by atoms with E-state index in [1.54, 1.807) is 29.2 Å². The number of nitrogens with one attached hydrogen (secondary N) is 1. The lowest BCUT2D eigenvalue weighted by Crippen LogP contribution is -3.08. The van der Waals surface area contributed by atoms with Crippen molar-refractivity contribution in [3.8, 4) is 0 Å². The second-order valence-electron chi connectivity index (χ2n) is 6.23. The Balaban J connectivity index is 1.62. The summed E-state index contributed by atoms with van der Waals surface area (Å²) in [5.41, 5.74) is 8.63. The Morgan fingerprint density at radius 3 is 2.96 bits per heavy atom. The van der Waals surface area contributed by atoms with Crippen molar-refractivity contribution < 1.29 is 4.90 Å². The van der Waals surface area contributed by atoms with Crippen LogP contribution in [0.2, 0.25) is 10.0 Å². The van der Waals surface area contributed by atoms with Crippen LogP contribution in [0.3, 0.4) is 0 Å². The monoisotopic (exact) mass is 411 g/mol. The lowest BCUT2D eigenvalue weighted by molar-refractivity contribution is -0.895. The number of hydrogen-bond donors (Lipinski definition) is 2. The van der Waals surface area contributed by atoms with Crippen molar-refractivity contribution in [2.24, 2.45) is 0 Å². The van der Waals surface area contributed by atoms with E-state index < -0.39 is 0 Å². The molecule has 1 aliphatic heterocycles. The molecule has 0 spiro atoms. The topological polar surface area (TPSA) is 56.2 Å². The molecule has 3 heterocycles. The Hall–Kier alpha value is -1.05. The number of thioether (sulfide) groups is 1. The van der Waals surface area contributed by atoms with Crippen molar-refractivity contribution in [3.63, 3.8) is 0 Å². The minimum absolute atomic E-state index is 0.590. The summed E-state index contributed by atoms with van der Waals surface area (Å²) in [6.45, 7) is 2.17. The van der Waals surface area contributed by atoms with Crippen LogP contribution in [0.1, 0.15) is 16.0 Å². The average molecular weight is 412 g/mol. The molecule has 1 atom stereocenters. The highest BCUT2D eigenvalue weighted by atomic mass is 35.5. The molecule has 8 heteroatoms. The predicted molar refractivity (Wildman–Crippen MR) is 107 cm³/mol. The number of nitrogens with zero attached hydrogens (tertiary/aromatic N) is 2. The number of halogens is 2. The van der Waals surface area contributed by atoms with Crippen LogP contribution in [-0.4, -0.2) is 23.6 Å². The number of anilines is 1. The molecular formula is C17H17Cl2N4S2+. The maximum absolute atomic E-state index is 6.27. The minimum Gasteiger partial charge on any atom is -0.383 e. The molecule has 1 aliphatic rings. The fraction of sp³-hybridized carbons (Fsp3) is 0.294. The molecule has 4 rings (SSSR count). The van der Waals surface area contributed by atoms with Gasteiger partial charge in [-0.2, -0.15) is 0 Å². The summed E-state index contributed by atoms with van der Waals surface area (Å²) >= 11 is 15.5. The van der Waals surface area contributed by atoms with Crippen molar-refractivity contribution >= 4 is 62.3 Å². The molecule has 1 unspecified atom stereocenters. The molecular weight excluding hydrogens is 395 g/mol. The number of quaternary nitrogens is 1. The van der Waals surface area contributed by atoms with Gasteiger partial charge in [-0.3, -0.25) is 0 Å². The summed E-state index contributed by atoms with van der Waals surface area (Å²) in [4.78, 5) is 13.2. The van der Waals surface area contributed by atoms with Gasteiger partial charge in [0.2, 0.25) is 0 Å². The molecule has 0 radical (unpaired) electrons. The Labute approximate surface area is 164 Å². The average Bonchev–Trinajstić information content (AvgIpc) is 2.91. The van der Waals surface area contributed by atoms with Crippen LogP contribution in [-0.2, 0) is 18.7 Å².